The van der Waals surface area contributed by atoms with E-state index in [1.165, 1.54) is 10.8 Å². The van der Waals surface area contributed by atoms with Crippen molar-refractivity contribution in [2.75, 3.05) is 12.4 Å². The molecule has 0 aliphatic carbocycles. The first-order valence-corrected chi connectivity index (χ1v) is 3.90. The van der Waals surface area contributed by atoms with Crippen LogP contribution in [0.5, 0.6) is 0 Å². The molecule has 2 N–H and O–H groups in total. The molecule has 0 amide bonds. The molecule has 0 spiro atoms. The molecule has 0 heterocycles. The largest absolute Gasteiger partial charge is 0.394 e. The first-order chi connectivity index (χ1) is 3.31. The number of thiol groups is 1. The Morgan fingerprint density at radius 3 is 2.43 bits per heavy atom. The van der Waals surface area contributed by atoms with Crippen LogP contribution in [0, 0.1) is 0 Å². The van der Waals surface area contributed by atoms with Gasteiger partial charge in [0.2, 0.25) is 0 Å². The van der Waals surface area contributed by atoms with E-state index in [1.54, 1.807) is 0 Å². The van der Waals surface area contributed by atoms with Gasteiger partial charge in [0.15, 0.2) is 0 Å². The Bertz CT molecular complexity index is 41.9. The highest BCUT2D eigenvalue weighted by Gasteiger charge is 1.97. The quantitative estimate of drug-likeness (QED) is 0.379. The lowest BCUT2D eigenvalue weighted by atomic mass is 10.4. The van der Waals surface area contributed by atoms with Gasteiger partial charge in [0.05, 0.1) is 12.7 Å². The van der Waals surface area contributed by atoms with E-state index in [4.69, 9.17) is 10.2 Å². The van der Waals surface area contributed by atoms with Crippen molar-refractivity contribution in [3.63, 3.8) is 0 Å². The van der Waals surface area contributed by atoms with Gasteiger partial charge in [0.25, 0.3) is 0 Å². The Balaban J connectivity index is 2.83. The first-order valence-electron chi connectivity index (χ1n) is 1.86. The molecule has 1 atom stereocenters. The van der Waals surface area contributed by atoms with Crippen LogP contribution in [0.3, 0.4) is 0 Å². The third-order valence-corrected chi connectivity index (χ3v) is 1.46. The molecule has 2 nitrogen and oxygen atoms in total. The second-order valence-electron chi connectivity index (χ2n) is 1.13. The zero-order chi connectivity index (χ0) is 5.70. The summed E-state index contributed by atoms with van der Waals surface area (Å²) in [4.78, 5) is 0. The number of aliphatic hydroxyl groups excluding tert-OH is 2. The van der Waals surface area contributed by atoms with Crippen molar-refractivity contribution >= 4 is 22.5 Å². The summed E-state index contributed by atoms with van der Waals surface area (Å²) >= 11 is 3.76. The van der Waals surface area contributed by atoms with Crippen LogP contribution in [0.4, 0.5) is 0 Å². The van der Waals surface area contributed by atoms with Crippen LogP contribution in [0.25, 0.3) is 0 Å². The predicted molar refractivity (Wildman–Crippen MR) is 34.5 cm³/mol. The molecule has 0 saturated heterocycles. The van der Waals surface area contributed by atoms with Crippen molar-refractivity contribution in [1.82, 2.24) is 0 Å². The van der Waals surface area contributed by atoms with E-state index in [1.807, 2.05) is 0 Å². The second-order valence-corrected chi connectivity index (χ2v) is 2.50. The molecule has 1 unspecified atom stereocenters. The minimum absolute atomic E-state index is 0.173. The fourth-order valence-electron chi connectivity index (χ4n) is 0.139. The average molecular weight is 140 g/mol. The van der Waals surface area contributed by atoms with Gasteiger partial charge in [-0.05, 0) is 0 Å². The van der Waals surface area contributed by atoms with E-state index < -0.39 is 6.10 Å². The van der Waals surface area contributed by atoms with Crippen LogP contribution < -0.4 is 0 Å². The fourth-order valence-corrected chi connectivity index (χ4v) is 0.932. The zero-order valence-corrected chi connectivity index (χ0v) is 5.45. The lowest BCUT2D eigenvalue weighted by Gasteiger charge is -2.00. The molecular formula is C3H8O2S2. The topological polar surface area (TPSA) is 40.5 Å². The van der Waals surface area contributed by atoms with Gasteiger partial charge < -0.3 is 10.2 Å². The summed E-state index contributed by atoms with van der Waals surface area (Å²) in [6.07, 6.45) is -0.609. The van der Waals surface area contributed by atoms with Crippen LogP contribution in [-0.4, -0.2) is 28.7 Å². The molecule has 0 saturated carbocycles. The molecule has 0 aliphatic rings. The second kappa shape index (κ2) is 4.77. The summed E-state index contributed by atoms with van der Waals surface area (Å²) in [5, 5.41) is 16.7. The van der Waals surface area contributed by atoms with Crippen molar-refractivity contribution in [3.05, 3.63) is 0 Å². The van der Waals surface area contributed by atoms with Gasteiger partial charge >= 0.3 is 0 Å². The Morgan fingerprint density at radius 2 is 2.29 bits per heavy atom. The van der Waals surface area contributed by atoms with Gasteiger partial charge in [0, 0.05) is 5.75 Å². The van der Waals surface area contributed by atoms with Crippen LogP contribution in [0.1, 0.15) is 0 Å². The minimum atomic E-state index is -0.609. The summed E-state index contributed by atoms with van der Waals surface area (Å²) in [7, 11) is 1.22. The van der Waals surface area contributed by atoms with Crippen molar-refractivity contribution in [3.8, 4) is 0 Å². The van der Waals surface area contributed by atoms with Crippen LogP contribution in [0.2, 0.25) is 0 Å². The molecule has 7 heavy (non-hydrogen) atoms. The maximum atomic E-state index is 8.54. The zero-order valence-electron chi connectivity index (χ0n) is 3.74. The van der Waals surface area contributed by atoms with E-state index in [-0.39, 0.29) is 6.61 Å². The molecule has 0 aromatic carbocycles. The van der Waals surface area contributed by atoms with Gasteiger partial charge in [-0.2, -0.15) is 0 Å². The number of aliphatic hydroxyl groups is 2. The molecular weight excluding hydrogens is 132 g/mol. The highest BCUT2D eigenvalue weighted by Crippen LogP contribution is 2.05. The van der Waals surface area contributed by atoms with Crippen molar-refractivity contribution < 1.29 is 10.2 Å². The Hall–Kier alpha value is 0.620. The number of hydrogen-bond donors (Lipinski definition) is 3. The monoisotopic (exact) mass is 140 g/mol. The molecule has 0 aliphatic heterocycles. The molecule has 4 heteroatoms. The average Bonchev–Trinajstić information content (AvgIpc) is 1.68. The highest BCUT2D eigenvalue weighted by atomic mass is 33.1. The molecule has 0 aromatic rings. The summed E-state index contributed by atoms with van der Waals surface area (Å²) in [5.41, 5.74) is 0. The highest BCUT2D eigenvalue weighted by molar-refractivity contribution is 8.68. The van der Waals surface area contributed by atoms with Gasteiger partial charge in [0.1, 0.15) is 0 Å². The fraction of sp³-hybridized carbons (Fsp3) is 1.00. The molecule has 0 fully saturated rings. The van der Waals surface area contributed by atoms with E-state index in [0.29, 0.717) is 5.75 Å². The third kappa shape index (κ3) is 4.47. The van der Waals surface area contributed by atoms with Crippen LogP contribution >= 0.6 is 22.5 Å². The third-order valence-electron chi connectivity index (χ3n) is 0.478. The summed E-state index contributed by atoms with van der Waals surface area (Å²) < 4.78 is 0. The van der Waals surface area contributed by atoms with Crippen molar-refractivity contribution in [2.24, 2.45) is 0 Å². The molecule has 44 valence electrons. The Kier molecular flexibility index (Phi) is 5.19. The van der Waals surface area contributed by atoms with E-state index in [2.05, 4.69) is 11.7 Å². The smallest absolute Gasteiger partial charge is 0.0869 e. The van der Waals surface area contributed by atoms with Crippen LogP contribution in [-0.2, 0) is 0 Å². The Morgan fingerprint density at radius 1 is 1.71 bits per heavy atom. The van der Waals surface area contributed by atoms with Crippen molar-refractivity contribution in [1.29, 1.82) is 0 Å². The summed E-state index contributed by atoms with van der Waals surface area (Å²) in [6.45, 7) is -0.173. The molecule has 0 aromatic heterocycles. The van der Waals surface area contributed by atoms with Crippen molar-refractivity contribution in [2.45, 2.75) is 6.10 Å². The lowest BCUT2D eigenvalue weighted by Crippen LogP contribution is -2.13. The van der Waals surface area contributed by atoms with Gasteiger partial charge in [-0.15, -0.1) is 11.7 Å². The number of rotatable bonds is 3. The maximum Gasteiger partial charge on any atom is 0.0869 e. The van der Waals surface area contributed by atoms with E-state index in [0.717, 1.165) is 0 Å². The maximum absolute atomic E-state index is 8.54. The summed E-state index contributed by atoms with van der Waals surface area (Å²) in [6, 6.07) is 0. The lowest BCUT2D eigenvalue weighted by molar-refractivity contribution is 0.114. The van der Waals surface area contributed by atoms with Gasteiger partial charge in [-0.1, -0.05) is 10.8 Å². The minimum Gasteiger partial charge on any atom is -0.394 e. The molecule has 0 rings (SSSR count). The molecule has 0 bridgehead atoms. The first kappa shape index (κ1) is 7.62. The van der Waals surface area contributed by atoms with Gasteiger partial charge in [-0.25, -0.2) is 0 Å². The summed E-state index contributed by atoms with van der Waals surface area (Å²) in [5.74, 6) is 0.486. The standard InChI is InChI=1S/C3H8O2S2/c4-1-3(5)2-7-6/h3-6H,1-2H2. The normalized spacial score (nSPS) is 14.1. The van der Waals surface area contributed by atoms with Crippen LogP contribution in [0.15, 0.2) is 0 Å². The van der Waals surface area contributed by atoms with E-state index in [9.17, 15) is 0 Å². The Labute approximate surface area is 51.7 Å². The molecule has 0 radical (unpaired) electrons. The SMILES string of the molecule is OCC(O)CSS. The predicted octanol–water partition coefficient (Wildman–Crippen LogP) is -0.0824. The van der Waals surface area contributed by atoms with E-state index >= 15 is 0 Å². The van der Waals surface area contributed by atoms with Gasteiger partial charge in [-0.3, -0.25) is 0 Å². The number of hydrogen-bond acceptors (Lipinski definition) is 4.